The van der Waals surface area contributed by atoms with Crippen LogP contribution in [0.2, 0.25) is 0 Å². The van der Waals surface area contributed by atoms with E-state index in [0.717, 1.165) is 12.1 Å². The third kappa shape index (κ3) is 6.21. The number of halogens is 7. The monoisotopic (exact) mass is 464 g/mol. The summed E-state index contributed by atoms with van der Waals surface area (Å²) in [6, 6.07) is 3.30. The lowest BCUT2D eigenvalue weighted by Crippen LogP contribution is -2.15. The Hall–Kier alpha value is -3.11. The molecule has 0 spiro atoms. The van der Waals surface area contributed by atoms with E-state index >= 15 is 0 Å². The maximum atomic E-state index is 13.9. The van der Waals surface area contributed by atoms with Gasteiger partial charge in [-0.25, -0.2) is 14.2 Å². The number of carbonyl (C=O) groups is 1. The van der Waals surface area contributed by atoms with Crippen LogP contribution in [-0.2, 0) is 23.7 Å². The van der Waals surface area contributed by atoms with Crippen molar-refractivity contribution in [1.82, 2.24) is 4.90 Å². The fraction of sp³-hybridized carbons (Fsp3) is 0.333. The summed E-state index contributed by atoms with van der Waals surface area (Å²) in [4.78, 5) is 17.7. The maximum absolute atomic E-state index is 13.9. The first-order chi connectivity index (χ1) is 14.7. The molecule has 0 N–H and O–H groups in total. The average molecular weight is 464 g/mol. The van der Waals surface area contributed by atoms with E-state index in [-0.39, 0.29) is 17.2 Å². The minimum atomic E-state index is -4.82. The van der Waals surface area contributed by atoms with Crippen LogP contribution < -0.4 is 0 Å². The van der Waals surface area contributed by atoms with Crippen LogP contribution in [-0.4, -0.2) is 30.8 Å². The van der Waals surface area contributed by atoms with Crippen molar-refractivity contribution >= 4 is 18.0 Å². The second kappa shape index (κ2) is 9.58. The molecule has 0 aliphatic heterocycles. The highest BCUT2D eigenvalue weighted by molar-refractivity contribution is 5.92. The Kier molecular flexibility index (Phi) is 7.53. The number of nitrogens with zero attached hydrogens (tertiary/aromatic N) is 2. The van der Waals surface area contributed by atoms with Crippen LogP contribution in [0.4, 0.5) is 36.4 Å². The van der Waals surface area contributed by atoms with E-state index in [4.69, 9.17) is 4.74 Å². The molecule has 0 fully saturated rings. The summed E-state index contributed by atoms with van der Waals surface area (Å²) in [5.41, 5.74) is -3.45. The van der Waals surface area contributed by atoms with E-state index in [1.165, 1.54) is 13.3 Å². The van der Waals surface area contributed by atoms with Gasteiger partial charge in [0.25, 0.3) is 0 Å². The average Bonchev–Trinajstić information content (AvgIpc) is 2.69. The van der Waals surface area contributed by atoms with E-state index in [0.29, 0.717) is 18.7 Å². The summed E-state index contributed by atoms with van der Waals surface area (Å²) in [7, 11) is 1.62. The molecule has 2 rings (SSSR count). The molecule has 0 unspecified atom stereocenters. The zero-order valence-electron chi connectivity index (χ0n) is 17.2. The number of aliphatic imine (C=N–C) groups is 1. The van der Waals surface area contributed by atoms with Crippen molar-refractivity contribution in [2.24, 2.45) is 4.99 Å². The fourth-order valence-electron chi connectivity index (χ4n) is 2.55. The molecule has 0 radical (unpaired) electrons. The second-order valence-electron chi connectivity index (χ2n) is 6.88. The van der Waals surface area contributed by atoms with Crippen molar-refractivity contribution in [1.29, 1.82) is 0 Å². The van der Waals surface area contributed by atoms with Crippen LogP contribution in [0.3, 0.4) is 0 Å². The van der Waals surface area contributed by atoms with Crippen LogP contribution in [0.1, 0.15) is 39.5 Å². The van der Waals surface area contributed by atoms with Crippen LogP contribution >= 0.6 is 0 Å². The summed E-state index contributed by atoms with van der Waals surface area (Å²) >= 11 is 0. The molecule has 0 atom stereocenters. The van der Waals surface area contributed by atoms with Gasteiger partial charge in [-0.05, 0) is 43.7 Å². The van der Waals surface area contributed by atoms with Gasteiger partial charge in [0, 0.05) is 19.2 Å². The number of esters is 1. The summed E-state index contributed by atoms with van der Waals surface area (Å²) in [6.45, 7) is 2.90. The standard InChI is InChI=1S/C21H19F7N2O2/c1-4-30(3)11-29-18-7-12(2)15(9-16(18)21(26,27)28)19(31)32-10-13-5-6-14(8-17(13)22)20(23,24)25/h5-9,11H,4,10H2,1-3H3/b29-11+. The maximum Gasteiger partial charge on any atom is 0.418 e. The Bertz CT molecular complexity index is 1010. The van der Waals surface area contributed by atoms with Crippen LogP contribution in [0.25, 0.3) is 0 Å². The van der Waals surface area contributed by atoms with Crippen LogP contribution in [0.15, 0.2) is 35.3 Å². The van der Waals surface area contributed by atoms with E-state index in [2.05, 4.69) is 4.99 Å². The van der Waals surface area contributed by atoms with Gasteiger partial charge in [0.05, 0.1) is 28.7 Å². The highest BCUT2D eigenvalue weighted by Crippen LogP contribution is 2.38. The molecule has 0 saturated heterocycles. The highest BCUT2D eigenvalue weighted by atomic mass is 19.4. The number of rotatable bonds is 6. The van der Waals surface area contributed by atoms with Crippen molar-refractivity contribution in [3.05, 3.63) is 64.0 Å². The molecule has 0 aliphatic rings. The first-order valence-electron chi connectivity index (χ1n) is 9.23. The van der Waals surface area contributed by atoms with Gasteiger partial charge in [-0.1, -0.05) is 6.07 Å². The van der Waals surface area contributed by atoms with Gasteiger partial charge in [-0.15, -0.1) is 0 Å². The number of hydrogen-bond donors (Lipinski definition) is 0. The Morgan fingerprint density at radius 3 is 2.28 bits per heavy atom. The summed E-state index contributed by atoms with van der Waals surface area (Å²) in [6.07, 6.45) is -8.35. The van der Waals surface area contributed by atoms with E-state index in [9.17, 15) is 35.5 Å². The molecule has 0 bridgehead atoms. The van der Waals surface area contributed by atoms with Crippen LogP contribution in [0.5, 0.6) is 0 Å². The molecule has 174 valence electrons. The second-order valence-corrected chi connectivity index (χ2v) is 6.88. The minimum absolute atomic E-state index is 0.127. The van der Waals surface area contributed by atoms with Crippen molar-refractivity contribution < 1.29 is 40.3 Å². The molecule has 4 nitrogen and oxygen atoms in total. The molecule has 0 amide bonds. The van der Waals surface area contributed by atoms with E-state index in [1.807, 2.05) is 0 Å². The first kappa shape index (κ1) is 25.2. The van der Waals surface area contributed by atoms with Crippen molar-refractivity contribution in [3.8, 4) is 0 Å². The molecule has 0 saturated carbocycles. The quantitative estimate of drug-likeness (QED) is 0.223. The molecule has 2 aromatic carbocycles. The molecule has 2 aromatic rings. The molecular weight excluding hydrogens is 445 g/mol. The Labute approximate surface area is 179 Å². The Morgan fingerprint density at radius 2 is 1.75 bits per heavy atom. The van der Waals surface area contributed by atoms with Gasteiger partial charge in [-0.2, -0.15) is 26.3 Å². The van der Waals surface area contributed by atoms with Gasteiger partial charge < -0.3 is 9.64 Å². The smallest absolute Gasteiger partial charge is 0.418 e. The normalized spacial score (nSPS) is 12.3. The third-order valence-electron chi connectivity index (χ3n) is 4.50. The van der Waals surface area contributed by atoms with Crippen molar-refractivity contribution in [2.75, 3.05) is 13.6 Å². The van der Waals surface area contributed by atoms with E-state index in [1.54, 1.807) is 18.9 Å². The summed E-state index contributed by atoms with van der Waals surface area (Å²) < 4.78 is 97.0. The Balaban J connectivity index is 2.29. The lowest BCUT2D eigenvalue weighted by Gasteiger charge is -2.15. The number of aryl methyl sites for hydroxylation is 1. The number of alkyl halides is 6. The molecule has 0 aromatic heterocycles. The van der Waals surface area contributed by atoms with Gasteiger partial charge in [0.2, 0.25) is 0 Å². The zero-order valence-corrected chi connectivity index (χ0v) is 17.2. The topological polar surface area (TPSA) is 41.9 Å². The number of benzene rings is 2. The van der Waals surface area contributed by atoms with Crippen molar-refractivity contribution in [2.45, 2.75) is 32.8 Å². The van der Waals surface area contributed by atoms with Gasteiger partial charge in [-0.3, -0.25) is 0 Å². The molecule has 11 heteroatoms. The fourth-order valence-corrected chi connectivity index (χ4v) is 2.55. The summed E-state index contributed by atoms with van der Waals surface area (Å²) in [5.74, 6) is -2.45. The molecule has 0 heterocycles. The molecule has 32 heavy (non-hydrogen) atoms. The van der Waals surface area contributed by atoms with Gasteiger partial charge >= 0.3 is 18.3 Å². The predicted octanol–water partition coefficient (Wildman–Crippen LogP) is 6.14. The number of ether oxygens (including phenoxy) is 1. The Morgan fingerprint density at radius 1 is 1.09 bits per heavy atom. The van der Waals surface area contributed by atoms with Crippen LogP contribution in [0, 0.1) is 12.7 Å². The van der Waals surface area contributed by atoms with E-state index < -0.39 is 53.1 Å². The summed E-state index contributed by atoms with van der Waals surface area (Å²) in [5, 5.41) is 0. The molecular formula is C21H19F7N2O2. The minimum Gasteiger partial charge on any atom is -0.457 e. The predicted molar refractivity (Wildman–Crippen MR) is 103 cm³/mol. The van der Waals surface area contributed by atoms with Crippen molar-refractivity contribution in [3.63, 3.8) is 0 Å². The largest absolute Gasteiger partial charge is 0.457 e. The SMILES string of the molecule is CCN(C)/C=N/c1cc(C)c(C(=O)OCc2ccc(C(F)(F)F)cc2F)cc1C(F)(F)F. The number of hydrogen-bond acceptors (Lipinski definition) is 3. The first-order valence-corrected chi connectivity index (χ1v) is 9.23. The highest BCUT2D eigenvalue weighted by Gasteiger charge is 2.35. The van der Waals surface area contributed by atoms with Gasteiger partial charge in [0.1, 0.15) is 12.4 Å². The van der Waals surface area contributed by atoms with Gasteiger partial charge in [0.15, 0.2) is 0 Å². The lowest BCUT2D eigenvalue weighted by atomic mass is 10.0. The number of carbonyl (C=O) groups excluding carboxylic acids is 1. The third-order valence-corrected chi connectivity index (χ3v) is 4.50. The zero-order chi connectivity index (χ0) is 24.3. The lowest BCUT2D eigenvalue weighted by molar-refractivity contribution is -0.138. The molecule has 0 aliphatic carbocycles.